The molecule has 0 atom stereocenters. The van der Waals surface area contributed by atoms with Crippen LogP contribution in [0.1, 0.15) is 70.5 Å². The summed E-state index contributed by atoms with van der Waals surface area (Å²) in [4.78, 5) is 29.0. The molecule has 1 aromatic heterocycles. The number of ether oxygens (including phenoxy) is 1. The third-order valence-electron chi connectivity index (χ3n) is 8.21. The summed E-state index contributed by atoms with van der Waals surface area (Å²) in [7, 11) is 1.82. The predicted octanol–water partition coefficient (Wildman–Crippen LogP) is 3.34. The second-order valence-corrected chi connectivity index (χ2v) is 10.9. The Bertz CT molecular complexity index is 1140. The second-order valence-electron chi connectivity index (χ2n) is 10.9. The fourth-order valence-electron chi connectivity index (χ4n) is 6.32. The first-order valence-electron chi connectivity index (χ1n) is 12.9. The van der Waals surface area contributed by atoms with Gasteiger partial charge in [0.1, 0.15) is 11.9 Å². The molecule has 184 valence electrons. The number of nitrogens with one attached hydrogen (secondary N) is 1. The van der Waals surface area contributed by atoms with Gasteiger partial charge in [-0.1, -0.05) is 6.07 Å². The standard InChI is InChI=1S/C27H33N5O3/c1-16-9-24(26(33)28-20-12-17-10-18(11-17)13-20)29-30-25(16)32-7-5-21(6-8-32)35-22-4-3-19-15-31(2)27(34)23(19)14-22/h3-4,9,14,17-18,20-21H,5-8,10-13,15H2,1-2H3,(H,28,33). The second kappa shape index (κ2) is 8.81. The van der Waals surface area contributed by atoms with E-state index in [9.17, 15) is 9.59 Å². The van der Waals surface area contributed by atoms with Crippen molar-refractivity contribution in [2.24, 2.45) is 11.8 Å². The van der Waals surface area contributed by atoms with Gasteiger partial charge in [0.25, 0.3) is 11.8 Å². The van der Waals surface area contributed by atoms with Gasteiger partial charge in [-0.3, -0.25) is 9.59 Å². The number of hydrogen-bond donors (Lipinski definition) is 1. The minimum absolute atomic E-state index is 0.0572. The number of amides is 2. The molecule has 3 saturated carbocycles. The van der Waals surface area contributed by atoms with E-state index in [4.69, 9.17) is 4.74 Å². The Morgan fingerprint density at radius 2 is 1.80 bits per heavy atom. The van der Waals surface area contributed by atoms with Gasteiger partial charge in [0.15, 0.2) is 11.5 Å². The van der Waals surface area contributed by atoms with Gasteiger partial charge in [-0.05, 0) is 73.8 Å². The van der Waals surface area contributed by atoms with E-state index in [0.29, 0.717) is 12.2 Å². The van der Waals surface area contributed by atoms with Gasteiger partial charge in [-0.15, -0.1) is 10.2 Å². The van der Waals surface area contributed by atoms with Gasteiger partial charge in [0.2, 0.25) is 0 Å². The highest BCUT2D eigenvalue weighted by Gasteiger charge is 2.38. The summed E-state index contributed by atoms with van der Waals surface area (Å²) < 4.78 is 6.23. The Morgan fingerprint density at radius 3 is 2.51 bits per heavy atom. The predicted molar refractivity (Wildman–Crippen MR) is 132 cm³/mol. The Labute approximate surface area is 206 Å². The maximum absolute atomic E-state index is 12.7. The molecule has 7 rings (SSSR count). The van der Waals surface area contributed by atoms with E-state index in [0.717, 1.165) is 78.9 Å². The molecule has 2 bridgehead atoms. The molecule has 3 aliphatic carbocycles. The zero-order valence-corrected chi connectivity index (χ0v) is 20.5. The summed E-state index contributed by atoms with van der Waals surface area (Å²) in [5, 5.41) is 11.9. The van der Waals surface area contributed by atoms with Crippen LogP contribution in [0.4, 0.5) is 5.82 Å². The number of fused-ring (bicyclic) bond motifs is 3. The molecule has 2 aliphatic heterocycles. The largest absolute Gasteiger partial charge is 0.490 e. The fraction of sp³-hybridized carbons (Fsp3) is 0.556. The Morgan fingerprint density at radius 1 is 1.06 bits per heavy atom. The summed E-state index contributed by atoms with van der Waals surface area (Å²) >= 11 is 0. The fourth-order valence-corrected chi connectivity index (χ4v) is 6.32. The normalized spacial score (nSPS) is 25.8. The lowest BCUT2D eigenvalue weighted by Gasteiger charge is -2.45. The van der Waals surface area contributed by atoms with Crippen molar-refractivity contribution in [3.05, 3.63) is 46.6 Å². The summed E-state index contributed by atoms with van der Waals surface area (Å²) in [5.74, 6) is 3.14. The molecule has 0 unspecified atom stereocenters. The number of aryl methyl sites for hydroxylation is 1. The highest BCUT2D eigenvalue weighted by Crippen LogP contribution is 2.45. The van der Waals surface area contributed by atoms with Crippen LogP contribution in [-0.2, 0) is 6.54 Å². The van der Waals surface area contributed by atoms with Crippen LogP contribution in [0.25, 0.3) is 0 Å². The van der Waals surface area contributed by atoms with Crippen molar-refractivity contribution in [1.82, 2.24) is 20.4 Å². The minimum atomic E-state index is -0.107. The van der Waals surface area contributed by atoms with Crippen molar-refractivity contribution in [2.75, 3.05) is 25.0 Å². The first-order valence-corrected chi connectivity index (χ1v) is 12.9. The van der Waals surface area contributed by atoms with Crippen LogP contribution in [0.5, 0.6) is 5.75 Å². The molecule has 2 amide bonds. The molecule has 4 fully saturated rings. The molecular weight excluding hydrogens is 442 g/mol. The lowest BCUT2D eigenvalue weighted by atomic mass is 9.63. The van der Waals surface area contributed by atoms with E-state index < -0.39 is 0 Å². The molecule has 5 aliphatic rings. The molecule has 8 nitrogen and oxygen atoms in total. The van der Waals surface area contributed by atoms with E-state index in [2.05, 4.69) is 20.4 Å². The number of carbonyl (C=O) groups excluding carboxylic acids is 2. The quantitative estimate of drug-likeness (QED) is 0.714. The molecule has 2 aromatic rings. The Kier molecular flexibility index (Phi) is 5.61. The summed E-state index contributed by atoms with van der Waals surface area (Å²) in [6.07, 6.45) is 6.69. The van der Waals surface area contributed by atoms with Crippen molar-refractivity contribution in [3.63, 3.8) is 0 Å². The van der Waals surface area contributed by atoms with Crippen molar-refractivity contribution in [2.45, 2.75) is 64.1 Å². The number of carbonyl (C=O) groups is 2. The van der Waals surface area contributed by atoms with Gasteiger partial charge < -0.3 is 19.9 Å². The number of anilines is 1. The molecule has 0 spiro atoms. The van der Waals surface area contributed by atoms with Crippen LogP contribution in [0.3, 0.4) is 0 Å². The van der Waals surface area contributed by atoms with E-state index >= 15 is 0 Å². The van der Waals surface area contributed by atoms with Crippen molar-refractivity contribution in [1.29, 1.82) is 0 Å². The van der Waals surface area contributed by atoms with Gasteiger partial charge in [0.05, 0.1) is 0 Å². The lowest BCUT2D eigenvalue weighted by Crippen LogP contribution is -2.46. The number of nitrogens with zero attached hydrogens (tertiary/aromatic N) is 4. The molecule has 8 heteroatoms. The number of aromatic nitrogens is 2. The first kappa shape index (κ1) is 22.3. The first-order chi connectivity index (χ1) is 16.9. The van der Waals surface area contributed by atoms with Crippen molar-refractivity contribution in [3.8, 4) is 5.75 Å². The maximum Gasteiger partial charge on any atom is 0.272 e. The lowest BCUT2D eigenvalue weighted by molar-refractivity contribution is 0.0704. The monoisotopic (exact) mass is 475 g/mol. The van der Waals surface area contributed by atoms with E-state index in [1.54, 1.807) is 4.90 Å². The highest BCUT2D eigenvalue weighted by molar-refractivity contribution is 5.98. The van der Waals surface area contributed by atoms with E-state index in [1.807, 2.05) is 38.2 Å². The number of benzene rings is 1. The van der Waals surface area contributed by atoms with Gasteiger partial charge in [-0.2, -0.15) is 0 Å². The highest BCUT2D eigenvalue weighted by atomic mass is 16.5. The average Bonchev–Trinajstić information content (AvgIpc) is 3.12. The van der Waals surface area contributed by atoms with Crippen LogP contribution in [0, 0.1) is 18.8 Å². The molecule has 35 heavy (non-hydrogen) atoms. The molecule has 0 radical (unpaired) electrons. The zero-order valence-electron chi connectivity index (χ0n) is 20.5. The van der Waals surface area contributed by atoms with E-state index in [-0.39, 0.29) is 24.0 Å². The molecule has 3 heterocycles. The van der Waals surface area contributed by atoms with Gasteiger partial charge >= 0.3 is 0 Å². The Hall–Kier alpha value is -3.16. The summed E-state index contributed by atoms with van der Waals surface area (Å²) in [6.45, 7) is 4.28. The van der Waals surface area contributed by atoms with Crippen molar-refractivity contribution >= 4 is 17.6 Å². The van der Waals surface area contributed by atoms with Crippen LogP contribution in [0.2, 0.25) is 0 Å². The zero-order chi connectivity index (χ0) is 24.1. The van der Waals surface area contributed by atoms with Crippen LogP contribution < -0.4 is 15.0 Å². The third-order valence-corrected chi connectivity index (χ3v) is 8.21. The maximum atomic E-state index is 12.7. The summed E-state index contributed by atoms with van der Waals surface area (Å²) in [6, 6.07) is 7.99. The SMILES string of the molecule is Cc1cc(C(=O)NC2CC3CC(C3)C2)nnc1N1CCC(Oc2ccc3c(c2)C(=O)N(C)C3)CC1. The number of hydrogen-bond acceptors (Lipinski definition) is 6. The third kappa shape index (κ3) is 4.34. The summed E-state index contributed by atoms with van der Waals surface area (Å²) in [5.41, 5.74) is 3.18. The van der Waals surface area contributed by atoms with Gasteiger partial charge in [-0.25, -0.2) is 0 Å². The average molecular weight is 476 g/mol. The molecule has 1 aromatic carbocycles. The number of rotatable bonds is 5. The topological polar surface area (TPSA) is 87.7 Å². The van der Waals surface area contributed by atoms with Crippen molar-refractivity contribution < 1.29 is 14.3 Å². The molecule has 1 N–H and O–H groups in total. The molecular formula is C27H33N5O3. The van der Waals surface area contributed by atoms with Crippen LogP contribution >= 0.6 is 0 Å². The number of piperidine rings is 1. The molecule has 1 saturated heterocycles. The van der Waals surface area contributed by atoms with Gasteiger partial charge in [0, 0.05) is 51.1 Å². The van der Waals surface area contributed by atoms with Crippen LogP contribution in [0.15, 0.2) is 24.3 Å². The minimum Gasteiger partial charge on any atom is -0.490 e. The van der Waals surface area contributed by atoms with E-state index in [1.165, 1.54) is 12.8 Å². The van der Waals surface area contributed by atoms with Crippen LogP contribution in [-0.4, -0.2) is 59.2 Å². The smallest absolute Gasteiger partial charge is 0.272 e. The Balaban J connectivity index is 1.04.